The number of aromatic nitrogens is 1. The molecular formula is C12H18N4O. The van der Waals surface area contributed by atoms with E-state index in [1.54, 1.807) is 0 Å². The Bertz CT molecular complexity index is 407. The van der Waals surface area contributed by atoms with Crippen molar-refractivity contribution in [3.05, 3.63) is 18.2 Å². The molecule has 92 valence electrons. The summed E-state index contributed by atoms with van der Waals surface area (Å²) >= 11 is 0. The molecule has 5 nitrogen and oxygen atoms in total. The molecule has 2 heterocycles. The number of piperidine rings is 1. The second-order valence-corrected chi connectivity index (χ2v) is 4.32. The zero-order valence-corrected chi connectivity index (χ0v) is 10.0. The van der Waals surface area contributed by atoms with Crippen LogP contribution in [0, 0.1) is 5.92 Å². The largest absolute Gasteiger partial charge is 0.373 e. The van der Waals surface area contributed by atoms with Crippen LogP contribution in [-0.4, -0.2) is 31.0 Å². The number of pyridine rings is 1. The molecule has 1 aromatic heterocycles. The number of carbonyl (C=O) groups is 1. The zero-order chi connectivity index (χ0) is 12.3. The third-order valence-corrected chi connectivity index (χ3v) is 3.14. The second-order valence-electron chi connectivity index (χ2n) is 4.32. The minimum atomic E-state index is -0.209. The van der Waals surface area contributed by atoms with Gasteiger partial charge in [-0.2, -0.15) is 0 Å². The van der Waals surface area contributed by atoms with E-state index in [2.05, 4.69) is 15.2 Å². The first kappa shape index (κ1) is 11.7. The monoisotopic (exact) mass is 234 g/mol. The Balaban J connectivity index is 2.13. The van der Waals surface area contributed by atoms with E-state index in [4.69, 9.17) is 5.73 Å². The van der Waals surface area contributed by atoms with E-state index in [9.17, 15) is 4.79 Å². The van der Waals surface area contributed by atoms with Gasteiger partial charge in [0.2, 0.25) is 5.91 Å². The number of hydrogen-bond acceptors (Lipinski definition) is 4. The fourth-order valence-electron chi connectivity index (χ4n) is 2.16. The summed E-state index contributed by atoms with van der Waals surface area (Å²) in [4.78, 5) is 17.8. The maximum Gasteiger partial charge on any atom is 0.222 e. The van der Waals surface area contributed by atoms with Crippen LogP contribution >= 0.6 is 0 Å². The van der Waals surface area contributed by atoms with Crippen LogP contribution in [0.5, 0.6) is 0 Å². The number of carbonyl (C=O) groups excluding carboxylic acids is 1. The smallest absolute Gasteiger partial charge is 0.222 e. The Morgan fingerprint density at radius 2 is 2.41 bits per heavy atom. The molecule has 5 heteroatoms. The van der Waals surface area contributed by atoms with Crippen molar-refractivity contribution < 1.29 is 4.79 Å². The number of nitrogens with one attached hydrogen (secondary N) is 1. The minimum absolute atomic E-state index is 0.0520. The predicted octanol–water partition coefficient (Wildman–Crippen LogP) is 0.825. The Kier molecular flexibility index (Phi) is 3.46. The summed E-state index contributed by atoms with van der Waals surface area (Å²) in [5.74, 6) is 1.48. The SMILES string of the molecule is CNc1cccc(N2CCCC(C(N)=O)C2)n1. The van der Waals surface area contributed by atoms with Gasteiger partial charge in [-0.3, -0.25) is 4.79 Å². The Hall–Kier alpha value is -1.78. The number of nitrogens with zero attached hydrogens (tertiary/aromatic N) is 2. The van der Waals surface area contributed by atoms with E-state index in [1.807, 2.05) is 25.2 Å². The average molecular weight is 234 g/mol. The number of hydrogen-bond donors (Lipinski definition) is 2. The average Bonchev–Trinajstić information content (AvgIpc) is 2.39. The van der Waals surface area contributed by atoms with Crippen molar-refractivity contribution in [1.29, 1.82) is 0 Å². The van der Waals surface area contributed by atoms with Crippen molar-refractivity contribution in [3.63, 3.8) is 0 Å². The van der Waals surface area contributed by atoms with Crippen LogP contribution in [0.15, 0.2) is 18.2 Å². The van der Waals surface area contributed by atoms with E-state index in [1.165, 1.54) is 0 Å². The summed E-state index contributed by atoms with van der Waals surface area (Å²) in [6.07, 6.45) is 1.87. The van der Waals surface area contributed by atoms with Crippen LogP contribution in [-0.2, 0) is 4.79 Å². The highest BCUT2D eigenvalue weighted by Crippen LogP contribution is 2.22. The lowest BCUT2D eigenvalue weighted by molar-refractivity contribution is -0.122. The van der Waals surface area contributed by atoms with Gasteiger partial charge in [0.05, 0.1) is 5.92 Å². The van der Waals surface area contributed by atoms with Crippen molar-refractivity contribution in [2.45, 2.75) is 12.8 Å². The first-order chi connectivity index (χ1) is 8.20. The normalized spacial score (nSPS) is 20.1. The van der Waals surface area contributed by atoms with E-state index in [0.717, 1.165) is 31.0 Å². The summed E-state index contributed by atoms with van der Waals surface area (Å²) in [6, 6.07) is 5.84. The molecule has 1 unspecified atom stereocenters. The topological polar surface area (TPSA) is 71.2 Å². The fourth-order valence-corrected chi connectivity index (χ4v) is 2.16. The number of primary amides is 1. The van der Waals surface area contributed by atoms with E-state index in [0.29, 0.717) is 6.54 Å². The Morgan fingerprint density at radius 3 is 3.12 bits per heavy atom. The molecule has 2 rings (SSSR count). The van der Waals surface area contributed by atoms with Gasteiger partial charge in [-0.25, -0.2) is 4.98 Å². The molecule has 17 heavy (non-hydrogen) atoms. The molecular weight excluding hydrogens is 216 g/mol. The van der Waals surface area contributed by atoms with Crippen LogP contribution < -0.4 is 16.0 Å². The van der Waals surface area contributed by atoms with Crippen LogP contribution in [0.25, 0.3) is 0 Å². The quantitative estimate of drug-likeness (QED) is 0.812. The van der Waals surface area contributed by atoms with Gasteiger partial charge in [0.15, 0.2) is 0 Å². The van der Waals surface area contributed by atoms with Crippen molar-refractivity contribution in [3.8, 4) is 0 Å². The number of nitrogens with two attached hydrogens (primary N) is 1. The van der Waals surface area contributed by atoms with Crippen LogP contribution in [0.1, 0.15) is 12.8 Å². The molecule has 0 radical (unpaired) electrons. The molecule has 0 spiro atoms. The first-order valence-electron chi connectivity index (χ1n) is 5.90. The summed E-state index contributed by atoms with van der Waals surface area (Å²) < 4.78 is 0. The molecule has 0 bridgehead atoms. The van der Waals surface area contributed by atoms with Crippen molar-refractivity contribution in [1.82, 2.24) is 4.98 Å². The van der Waals surface area contributed by atoms with Crippen LogP contribution in [0.2, 0.25) is 0 Å². The maximum absolute atomic E-state index is 11.2. The molecule has 1 aromatic rings. The molecule has 1 atom stereocenters. The van der Waals surface area contributed by atoms with Crippen molar-refractivity contribution >= 4 is 17.5 Å². The molecule has 1 aliphatic heterocycles. The van der Waals surface area contributed by atoms with Gasteiger partial charge in [-0.05, 0) is 25.0 Å². The lowest BCUT2D eigenvalue weighted by Gasteiger charge is -2.32. The molecule has 1 fully saturated rings. The molecule has 0 aliphatic carbocycles. The van der Waals surface area contributed by atoms with Crippen LogP contribution in [0.3, 0.4) is 0 Å². The lowest BCUT2D eigenvalue weighted by atomic mass is 9.97. The van der Waals surface area contributed by atoms with Crippen molar-refractivity contribution in [2.75, 3.05) is 30.4 Å². The molecule has 1 aliphatic rings. The number of anilines is 2. The minimum Gasteiger partial charge on any atom is -0.373 e. The van der Waals surface area contributed by atoms with Crippen molar-refractivity contribution in [2.24, 2.45) is 11.7 Å². The molecule has 1 saturated heterocycles. The summed E-state index contributed by atoms with van der Waals surface area (Å²) in [6.45, 7) is 1.61. The van der Waals surface area contributed by atoms with Crippen LogP contribution in [0.4, 0.5) is 11.6 Å². The van der Waals surface area contributed by atoms with E-state index in [-0.39, 0.29) is 11.8 Å². The van der Waals surface area contributed by atoms with Gasteiger partial charge >= 0.3 is 0 Å². The van der Waals surface area contributed by atoms with Gasteiger partial charge in [-0.15, -0.1) is 0 Å². The highest BCUT2D eigenvalue weighted by atomic mass is 16.1. The van der Waals surface area contributed by atoms with E-state index >= 15 is 0 Å². The molecule has 0 aromatic carbocycles. The molecule has 1 amide bonds. The highest BCUT2D eigenvalue weighted by molar-refractivity contribution is 5.77. The van der Waals surface area contributed by atoms with Gasteiger partial charge < -0.3 is 16.0 Å². The molecule has 3 N–H and O–H groups in total. The Morgan fingerprint density at radius 1 is 1.59 bits per heavy atom. The van der Waals surface area contributed by atoms with Gasteiger partial charge in [0.25, 0.3) is 0 Å². The predicted molar refractivity (Wildman–Crippen MR) is 67.9 cm³/mol. The summed E-state index contributed by atoms with van der Waals surface area (Å²) in [5, 5.41) is 3.01. The number of amides is 1. The van der Waals surface area contributed by atoms with Gasteiger partial charge in [0.1, 0.15) is 11.6 Å². The number of rotatable bonds is 3. The second kappa shape index (κ2) is 5.03. The fraction of sp³-hybridized carbons (Fsp3) is 0.500. The maximum atomic E-state index is 11.2. The highest BCUT2D eigenvalue weighted by Gasteiger charge is 2.24. The standard InChI is InChI=1S/C12H18N4O/c1-14-10-5-2-6-11(15-10)16-7-3-4-9(8-16)12(13)17/h2,5-6,9H,3-4,7-8H2,1H3,(H2,13,17)(H,14,15). The zero-order valence-electron chi connectivity index (χ0n) is 10.0. The summed E-state index contributed by atoms with van der Waals surface area (Å²) in [7, 11) is 1.84. The van der Waals surface area contributed by atoms with Gasteiger partial charge in [-0.1, -0.05) is 6.07 Å². The molecule has 0 saturated carbocycles. The Labute approximate surface area is 101 Å². The van der Waals surface area contributed by atoms with E-state index < -0.39 is 0 Å². The summed E-state index contributed by atoms with van der Waals surface area (Å²) in [5.41, 5.74) is 5.37. The third-order valence-electron chi connectivity index (χ3n) is 3.14. The lowest BCUT2D eigenvalue weighted by Crippen LogP contribution is -2.41. The third kappa shape index (κ3) is 2.67. The van der Waals surface area contributed by atoms with Gasteiger partial charge in [0, 0.05) is 20.1 Å². The first-order valence-corrected chi connectivity index (χ1v) is 5.90.